The molecule has 4 aromatic rings. The van der Waals surface area contributed by atoms with Gasteiger partial charge in [-0.3, -0.25) is 14.9 Å². The van der Waals surface area contributed by atoms with Gasteiger partial charge in [-0.05, 0) is 18.6 Å². The molecule has 8 nitrogen and oxygen atoms in total. The van der Waals surface area contributed by atoms with Crippen LogP contribution in [0.25, 0.3) is 21.3 Å². The first-order valence-electron chi connectivity index (χ1n) is 9.55. The van der Waals surface area contributed by atoms with Gasteiger partial charge in [0.2, 0.25) is 5.91 Å². The molecule has 162 valence electrons. The van der Waals surface area contributed by atoms with E-state index in [1.54, 1.807) is 6.92 Å². The van der Waals surface area contributed by atoms with E-state index in [1.807, 2.05) is 35.7 Å². The third-order valence-corrected chi connectivity index (χ3v) is 6.72. The first-order valence-corrected chi connectivity index (χ1v) is 11.3. The van der Waals surface area contributed by atoms with Gasteiger partial charge in [-0.1, -0.05) is 42.1 Å². The summed E-state index contributed by atoms with van der Waals surface area (Å²) in [6.07, 6.45) is 1.49. The van der Waals surface area contributed by atoms with Crippen LogP contribution >= 0.6 is 23.1 Å². The standard InChI is InChI=1S/C22H18N4O4S2/c1-13(20(27)25-17-10-15(26(28)29)8-9-18(17)30-2)32-22-19-16(14-6-4-3-5-7-14)11-31-21(19)23-12-24-22/h3-13H,1-2H3,(H,25,27). The fourth-order valence-electron chi connectivity index (χ4n) is 3.13. The Morgan fingerprint density at radius 3 is 2.72 bits per heavy atom. The Hall–Kier alpha value is -3.50. The largest absolute Gasteiger partial charge is 0.495 e. The molecule has 0 spiro atoms. The van der Waals surface area contributed by atoms with Crippen LogP contribution in [-0.2, 0) is 4.79 Å². The second-order valence-corrected chi connectivity index (χ2v) is 8.95. The van der Waals surface area contributed by atoms with Gasteiger partial charge in [-0.15, -0.1) is 11.3 Å². The number of anilines is 1. The maximum atomic E-state index is 12.9. The summed E-state index contributed by atoms with van der Waals surface area (Å²) in [6, 6.07) is 14.0. The van der Waals surface area contributed by atoms with E-state index >= 15 is 0 Å². The molecule has 1 amide bonds. The van der Waals surface area contributed by atoms with E-state index in [9.17, 15) is 14.9 Å². The lowest BCUT2D eigenvalue weighted by atomic mass is 10.1. The van der Waals surface area contributed by atoms with Gasteiger partial charge in [0.1, 0.15) is 21.9 Å². The monoisotopic (exact) mass is 466 g/mol. The van der Waals surface area contributed by atoms with Crippen molar-refractivity contribution in [3.63, 3.8) is 0 Å². The number of hydrogen-bond acceptors (Lipinski definition) is 8. The van der Waals surface area contributed by atoms with E-state index in [0.717, 1.165) is 21.3 Å². The number of ether oxygens (including phenoxy) is 1. The number of aromatic nitrogens is 2. The zero-order valence-corrected chi connectivity index (χ0v) is 18.8. The number of nitrogens with one attached hydrogen (secondary N) is 1. The van der Waals surface area contributed by atoms with Crippen molar-refractivity contribution < 1.29 is 14.5 Å². The zero-order chi connectivity index (χ0) is 22.7. The number of thiophene rings is 1. The molecule has 0 aliphatic carbocycles. The van der Waals surface area contributed by atoms with E-state index in [0.29, 0.717) is 10.8 Å². The number of benzene rings is 2. The third kappa shape index (κ3) is 4.41. The molecular formula is C22H18N4O4S2. The van der Waals surface area contributed by atoms with Gasteiger partial charge in [-0.2, -0.15) is 0 Å². The van der Waals surface area contributed by atoms with Gasteiger partial charge >= 0.3 is 0 Å². The van der Waals surface area contributed by atoms with E-state index in [-0.39, 0.29) is 17.3 Å². The molecule has 2 heterocycles. The Morgan fingerprint density at radius 1 is 1.22 bits per heavy atom. The van der Waals surface area contributed by atoms with Crippen molar-refractivity contribution in [1.82, 2.24) is 9.97 Å². The van der Waals surface area contributed by atoms with Gasteiger partial charge < -0.3 is 10.1 Å². The Morgan fingerprint density at radius 2 is 2.00 bits per heavy atom. The zero-order valence-electron chi connectivity index (χ0n) is 17.1. The molecule has 0 bridgehead atoms. The number of carbonyl (C=O) groups excluding carboxylic acids is 1. The highest BCUT2D eigenvalue weighted by Crippen LogP contribution is 2.39. The summed E-state index contributed by atoms with van der Waals surface area (Å²) in [5.41, 5.74) is 2.17. The quantitative estimate of drug-likeness (QED) is 0.168. The van der Waals surface area contributed by atoms with E-state index in [4.69, 9.17) is 4.74 Å². The maximum absolute atomic E-state index is 12.9. The molecule has 2 aromatic heterocycles. The van der Waals surface area contributed by atoms with Crippen molar-refractivity contribution in [2.24, 2.45) is 0 Å². The van der Waals surface area contributed by atoms with Crippen molar-refractivity contribution in [2.45, 2.75) is 17.2 Å². The molecule has 4 rings (SSSR count). The average molecular weight is 467 g/mol. The second-order valence-electron chi connectivity index (χ2n) is 6.77. The molecule has 32 heavy (non-hydrogen) atoms. The van der Waals surface area contributed by atoms with Crippen LogP contribution in [0.2, 0.25) is 0 Å². The molecule has 1 N–H and O–H groups in total. The Kier molecular flexibility index (Phi) is 6.33. The predicted molar refractivity (Wildman–Crippen MR) is 126 cm³/mol. The molecule has 1 unspecified atom stereocenters. The van der Waals surface area contributed by atoms with Gasteiger partial charge in [0.25, 0.3) is 5.69 Å². The fourth-order valence-corrected chi connectivity index (χ4v) is 5.04. The molecule has 1 atom stereocenters. The van der Waals surface area contributed by atoms with Crippen LogP contribution in [0.5, 0.6) is 5.75 Å². The number of hydrogen-bond donors (Lipinski definition) is 1. The summed E-state index contributed by atoms with van der Waals surface area (Å²) in [6.45, 7) is 1.76. The SMILES string of the molecule is COc1ccc([N+](=O)[O-])cc1NC(=O)C(C)Sc1ncnc2scc(-c3ccccc3)c12. The number of amides is 1. The van der Waals surface area contributed by atoms with Gasteiger partial charge in [0, 0.05) is 23.1 Å². The fraction of sp³-hybridized carbons (Fsp3) is 0.136. The van der Waals surface area contributed by atoms with E-state index in [1.165, 1.54) is 54.7 Å². The first kappa shape index (κ1) is 21.7. The number of nitrogens with zero attached hydrogens (tertiary/aromatic N) is 3. The lowest BCUT2D eigenvalue weighted by molar-refractivity contribution is -0.384. The van der Waals surface area contributed by atoms with E-state index in [2.05, 4.69) is 15.3 Å². The van der Waals surface area contributed by atoms with Gasteiger partial charge in [0.15, 0.2) is 0 Å². The highest BCUT2D eigenvalue weighted by atomic mass is 32.2. The molecule has 0 radical (unpaired) electrons. The number of thioether (sulfide) groups is 1. The van der Waals surface area contributed by atoms with Crippen LogP contribution < -0.4 is 10.1 Å². The highest BCUT2D eigenvalue weighted by molar-refractivity contribution is 8.00. The van der Waals surface area contributed by atoms with Crippen LogP contribution in [-0.4, -0.2) is 33.2 Å². The summed E-state index contributed by atoms with van der Waals surface area (Å²) in [7, 11) is 1.44. The third-order valence-electron chi connectivity index (χ3n) is 4.73. The minimum Gasteiger partial charge on any atom is -0.495 e. The molecule has 0 saturated heterocycles. The van der Waals surface area contributed by atoms with Crippen molar-refractivity contribution in [3.8, 4) is 16.9 Å². The van der Waals surface area contributed by atoms with Gasteiger partial charge in [-0.25, -0.2) is 9.97 Å². The number of rotatable bonds is 7. The van der Waals surface area contributed by atoms with Crippen molar-refractivity contribution >= 4 is 50.6 Å². The topological polar surface area (TPSA) is 107 Å². The highest BCUT2D eigenvalue weighted by Gasteiger charge is 2.22. The molecule has 0 saturated carbocycles. The molecule has 10 heteroatoms. The molecule has 0 aliphatic rings. The molecule has 0 fully saturated rings. The van der Waals surface area contributed by atoms with Crippen molar-refractivity contribution in [3.05, 3.63) is 70.4 Å². The lowest BCUT2D eigenvalue weighted by Gasteiger charge is -2.14. The number of carbonyl (C=O) groups is 1. The minimum absolute atomic E-state index is 0.135. The minimum atomic E-state index is -0.527. The molecule has 0 aliphatic heterocycles. The second kappa shape index (κ2) is 9.33. The number of nitro benzene ring substituents is 1. The summed E-state index contributed by atoms with van der Waals surface area (Å²) in [5, 5.41) is 16.9. The van der Waals surface area contributed by atoms with Crippen LogP contribution in [0.4, 0.5) is 11.4 Å². The normalized spacial score (nSPS) is 11.8. The number of methoxy groups -OCH3 is 1. The van der Waals surface area contributed by atoms with Crippen LogP contribution in [0.3, 0.4) is 0 Å². The van der Waals surface area contributed by atoms with Crippen molar-refractivity contribution in [1.29, 1.82) is 0 Å². The Bertz CT molecular complexity index is 1290. The molecular weight excluding hydrogens is 448 g/mol. The summed E-state index contributed by atoms with van der Waals surface area (Å²) < 4.78 is 5.23. The van der Waals surface area contributed by atoms with E-state index < -0.39 is 10.2 Å². The summed E-state index contributed by atoms with van der Waals surface area (Å²) in [4.78, 5) is 33.1. The average Bonchev–Trinajstić information content (AvgIpc) is 3.24. The number of fused-ring (bicyclic) bond motifs is 1. The Labute approximate surface area is 191 Å². The van der Waals surface area contributed by atoms with Crippen LogP contribution in [0, 0.1) is 10.1 Å². The maximum Gasteiger partial charge on any atom is 0.271 e. The van der Waals surface area contributed by atoms with Crippen molar-refractivity contribution in [2.75, 3.05) is 12.4 Å². The van der Waals surface area contributed by atoms with Gasteiger partial charge in [0.05, 0.1) is 28.4 Å². The molecule has 2 aromatic carbocycles. The lowest BCUT2D eigenvalue weighted by Crippen LogP contribution is -2.23. The smallest absolute Gasteiger partial charge is 0.271 e. The summed E-state index contributed by atoms with van der Waals surface area (Å²) in [5.74, 6) is 0.0202. The van der Waals surface area contributed by atoms with Crippen LogP contribution in [0.1, 0.15) is 6.92 Å². The van der Waals surface area contributed by atoms with Crippen LogP contribution in [0.15, 0.2) is 65.3 Å². The number of non-ortho nitro benzene ring substituents is 1. The Balaban J connectivity index is 1.60. The number of nitro groups is 1. The first-order chi connectivity index (χ1) is 15.5. The summed E-state index contributed by atoms with van der Waals surface area (Å²) >= 11 is 2.83. The predicted octanol–water partition coefficient (Wildman–Crippen LogP) is 5.39.